The Kier molecular flexibility index (Phi) is 6.42. The second kappa shape index (κ2) is 9.57. The van der Waals surface area contributed by atoms with E-state index in [0.29, 0.717) is 41.8 Å². The monoisotopic (exact) mass is 430 g/mol. The van der Waals surface area contributed by atoms with E-state index in [1.807, 2.05) is 68.4 Å². The van der Waals surface area contributed by atoms with Gasteiger partial charge >= 0.3 is 0 Å². The van der Waals surface area contributed by atoms with Crippen molar-refractivity contribution in [2.75, 3.05) is 18.9 Å². The highest BCUT2D eigenvalue weighted by Gasteiger charge is 2.23. The van der Waals surface area contributed by atoms with Gasteiger partial charge in [0.25, 0.3) is 5.91 Å². The molecule has 0 aliphatic heterocycles. The lowest BCUT2D eigenvalue weighted by molar-refractivity contribution is 0.0757. The van der Waals surface area contributed by atoms with Crippen molar-refractivity contribution in [1.82, 2.24) is 20.0 Å². The van der Waals surface area contributed by atoms with Crippen LogP contribution in [0.1, 0.15) is 36.2 Å². The maximum atomic E-state index is 13.0. The van der Waals surface area contributed by atoms with Crippen LogP contribution in [0.3, 0.4) is 0 Å². The van der Waals surface area contributed by atoms with Gasteiger partial charge in [0.05, 0.1) is 23.4 Å². The summed E-state index contributed by atoms with van der Waals surface area (Å²) in [7, 11) is 0. The summed E-state index contributed by atoms with van der Waals surface area (Å²) in [6.07, 6.45) is 2.53. The summed E-state index contributed by atoms with van der Waals surface area (Å²) in [5.41, 5.74) is 9.81. The molecule has 32 heavy (non-hydrogen) atoms. The fourth-order valence-electron chi connectivity index (χ4n) is 3.33. The Morgan fingerprint density at radius 1 is 1.12 bits per heavy atom. The van der Waals surface area contributed by atoms with Crippen LogP contribution in [0, 0.1) is 0 Å². The first kappa shape index (κ1) is 21.5. The van der Waals surface area contributed by atoms with Gasteiger partial charge in [0, 0.05) is 13.2 Å². The van der Waals surface area contributed by atoms with Crippen LogP contribution >= 0.6 is 0 Å². The summed E-state index contributed by atoms with van der Waals surface area (Å²) in [6, 6.07) is 17.1. The molecule has 2 aromatic carbocycles. The number of hydrogen-bond acceptors (Lipinski definition) is 6. The molecule has 1 amide bonds. The smallest absolute Gasteiger partial charge is 0.257 e. The van der Waals surface area contributed by atoms with Gasteiger partial charge in [-0.05, 0) is 38.0 Å². The molecular formula is C24H26N6O2. The number of amides is 1. The Bertz CT molecular complexity index is 1260. The van der Waals surface area contributed by atoms with E-state index in [1.165, 1.54) is 4.68 Å². The molecule has 164 valence electrons. The Morgan fingerprint density at radius 3 is 2.53 bits per heavy atom. The Balaban J connectivity index is 1.71. The third-order valence-corrected chi connectivity index (χ3v) is 4.88. The van der Waals surface area contributed by atoms with Crippen LogP contribution in [0.2, 0.25) is 0 Å². The van der Waals surface area contributed by atoms with E-state index >= 15 is 0 Å². The van der Waals surface area contributed by atoms with E-state index in [2.05, 4.69) is 20.4 Å². The quantitative estimate of drug-likeness (QED) is 0.328. The van der Waals surface area contributed by atoms with Crippen molar-refractivity contribution in [3.63, 3.8) is 0 Å². The fourth-order valence-corrected chi connectivity index (χ4v) is 3.33. The molecule has 4 rings (SSSR count). The SMILES string of the molecule is CC(C)OCCCNC(=O)c1c(N)n(/N=C\c2ccccc2)c2nc3ccccc3nc12. The molecule has 0 saturated heterocycles. The molecule has 0 aliphatic carbocycles. The lowest BCUT2D eigenvalue weighted by Gasteiger charge is -2.08. The number of rotatable bonds is 8. The molecular weight excluding hydrogens is 404 g/mol. The Labute approximate surface area is 186 Å². The molecule has 2 aromatic heterocycles. The van der Waals surface area contributed by atoms with Crippen LogP contribution < -0.4 is 11.1 Å². The third-order valence-electron chi connectivity index (χ3n) is 4.88. The molecule has 8 nitrogen and oxygen atoms in total. The average Bonchev–Trinajstić information content (AvgIpc) is 3.06. The van der Waals surface area contributed by atoms with Gasteiger partial charge in [-0.15, -0.1) is 0 Å². The number of para-hydroxylation sites is 2. The minimum absolute atomic E-state index is 0.158. The number of nitrogens with two attached hydrogens (primary N) is 1. The van der Waals surface area contributed by atoms with Crippen LogP contribution in [0.15, 0.2) is 59.7 Å². The maximum absolute atomic E-state index is 13.0. The van der Waals surface area contributed by atoms with Crippen molar-refractivity contribution in [3.05, 3.63) is 65.7 Å². The normalized spacial score (nSPS) is 11.7. The number of carbonyl (C=O) groups excluding carboxylic acids is 1. The van der Waals surface area contributed by atoms with E-state index in [4.69, 9.17) is 10.5 Å². The van der Waals surface area contributed by atoms with Crippen LogP contribution in [0.4, 0.5) is 5.82 Å². The second-order valence-corrected chi connectivity index (χ2v) is 7.64. The second-order valence-electron chi connectivity index (χ2n) is 7.64. The predicted molar refractivity (Wildman–Crippen MR) is 127 cm³/mol. The topological polar surface area (TPSA) is 107 Å². The van der Waals surface area contributed by atoms with Crippen LogP contribution in [-0.2, 0) is 4.74 Å². The molecule has 0 fully saturated rings. The zero-order chi connectivity index (χ0) is 22.5. The highest BCUT2D eigenvalue weighted by atomic mass is 16.5. The summed E-state index contributed by atoms with van der Waals surface area (Å²) in [4.78, 5) is 22.4. The van der Waals surface area contributed by atoms with Crippen LogP contribution in [-0.4, -0.2) is 46.0 Å². The zero-order valence-corrected chi connectivity index (χ0v) is 18.2. The molecule has 0 atom stereocenters. The number of ether oxygens (including phenoxy) is 1. The number of nitrogens with one attached hydrogen (secondary N) is 1. The number of fused-ring (bicyclic) bond motifs is 2. The van der Waals surface area contributed by atoms with Gasteiger partial charge in [0.2, 0.25) is 0 Å². The molecule has 8 heteroatoms. The van der Waals surface area contributed by atoms with Crippen LogP contribution in [0.25, 0.3) is 22.2 Å². The maximum Gasteiger partial charge on any atom is 0.257 e. The summed E-state index contributed by atoms with van der Waals surface area (Å²) in [5, 5.41) is 7.42. The van der Waals surface area contributed by atoms with Gasteiger partial charge in [0.1, 0.15) is 16.9 Å². The molecule has 2 heterocycles. The third kappa shape index (κ3) is 4.60. The first-order valence-electron chi connectivity index (χ1n) is 10.6. The number of benzene rings is 2. The van der Waals surface area contributed by atoms with E-state index in [1.54, 1.807) is 6.21 Å². The highest BCUT2D eigenvalue weighted by Crippen LogP contribution is 2.27. The van der Waals surface area contributed by atoms with Crippen molar-refractivity contribution in [3.8, 4) is 0 Å². The minimum Gasteiger partial charge on any atom is -0.383 e. The number of anilines is 1. The van der Waals surface area contributed by atoms with Gasteiger partial charge in [-0.3, -0.25) is 4.79 Å². The number of hydrogen-bond donors (Lipinski definition) is 2. The highest BCUT2D eigenvalue weighted by molar-refractivity contribution is 6.10. The fraction of sp³-hybridized carbons (Fsp3) is 0.250. The number of nitrogen functional groups attached to an aromatic ring is 1. The van der Waals surface area contributed by atoms with Gasteiger partial charge in [0.15, 0.2) is 5.65 Å². The number of nitrogens with zero attached hydrogens (tertiary/aromatic N) is 4. The lowest BCUT2D eigenvalue weighted by Crippen LogP contribution is -2.26. The van der Waals surface area contributed by atoms with Crippen molar-refractivity contribution >= 4 is 40.1 Å². The summed E-state index contributed by atoms with van der Waals surface area (Å²) in [6.45, 7) is 4.99. The molecule has 0 bridgehead atoms. The van der Waals surface area contributed by atoms with Crippen molar-refractivity contribution in [2.45, 2.75) is 26.4 Å². The Hall–Kier alpha value is -3.78. The molecule has 4 aromatic rings. The lowest BCUT2D eigenvalue weighted by atomic mass is 10.2. The molecule has 0 radical (unpaired) electrons. The van der Waals surface area contributed by atoms with Crippen molar-refractivity contribution in [1.29, 1.82) is 0 Å². The minimum atomic E-state index is -0.310. The van der Waals surface area contributed by atoms with Crippen LogP contribution in [0.5, 0.6) is 0 Å². The number of aromatic nitrogens is 3. The first-order valence-corrected chi connectivity index (χ1v) is 10.6. The van der Waals surface area contributed by atoms with E-state index in [9.17, 15) is 4.79 Å². The van der Waals surface area contributed by atoms with Gasteiger partial charge in [-0.1, -0.05) is 42.5 Å². The van der Waals surface area contributed by atoms with Crippen molar-refractivity contribution < 1.29 is 9.53 Å². The van der Waals surface area contributed by atoms with Gasteiger partial charge in [-0.25, -0.2) is 9.97 Å². The summed E-state index contributed by atoms with van der Waals surface area (Å²) >= 11 is 0. The van der Waals surface area contributed by atoms with E-state index in [-0.39, 0.29) is 23.4 Å². The number of carbonyl (C=O) groups is 1. The largest absolute Gasteiger partial charge is 0.383 e. The first-order chi connectivity index (χ1) is 15.5. The predicted octanol–water partition coefficient (Wildman–Crippen LogP) is 3.59. The standard InChI is InChI=1S/C24H26N6O2/c1-16(2)32-14-8-13-26-24(31)20-21-23(29-19-12-7-6-11-18(19)28-21)30(22(20)25)27-15-17-9-4-3-5-10-17/h3-7,9-12,15-16H,8,13-14,25H2,1-2H3,(H,26,31)/b27-15-. The van der Waals surface area contributed by atoms with Gasteiger partial charge in [-0.2, -0.15) is 9.78 Å². The van der Waals surface area contributed by atoms with E-state index < -0.39 is 0 Å². The average molecular weight is 431 g/mol. The molecule has 0 aliphatic rings. The Morgan fingerprint density at radius 2 is 1.81 bits per heavy atom. The summed E-state index contributed by atoms with van der Waals surface area (Å²) in [5.74, 6) is -0.117. The van der Waals surface area contributed by atoms with Crippen molar-refractivity contribution in [2.24, 2.45) is 5.10 Å². The van der Waals surface area contributed by atoms with Gasteiger partial charge < -0.3 is 15.8 Å². The molecule has 3 N–H and O–H groups in total. The zero-order valence-electron chi connectivity index (χ0n) is 18.2. The molecule has 0 spiro atoms. The summed E-state index contributed by atoms with van der Waals surface area (Å²) < 4.78 is 7.00. The van der Waals surface area contributed by atoms with E-state index in [0.717, 1.165) is 5.56 Å². The molecule has 0 unspecified atom stereocenters. The molecule has 0 saturated carbocycles.